The molecule has 0 saturated carbocycles. The number of rotatable bonds is 3. The van der Waals surface area contributed by atoms with Crippen LogP contribution in [0.2, 0.25) is 0 Å². The predicted octanol–water partition coefficient (Wildman–Crippen LogP) is 5.75. The van der Waals surface area contributed by atoms with E-state index < -0.39 is 0 Å². The zero-order valence-corrected chi connectivity index (χ0v) is 14.4. The quantitative estimate of drug-likeness (QED) is 0.700. The van der Waals surface area contributed by atoms with E-state index in [1.54, 1.807) is 12.1 Å². The first-order chi connectivity index (χ1) is 10.8. The molecule has 122 valence electrons. The monoisotopic (exact) mass is 312 g/mol. The van der Waals surface area contributed by atoms with E-state index in [4.69, 9.17) is 4.74 Å². The van der Waals surface area contributed by atoms with Crippen molar-refractivity contribution < 1.29 is 9.13 Å². The van der Waals surface area contributed by atoms with Gasteiger partial charge in [-0.25, -0.2) is 4.39 Å². The average molecular weight is 312 g/mol. The summed E-state index contributed by atoms with van der Waals surface area (Å²) >= 11 is 0. The molecule has 0 fully saturated rings. The van der Waals surface area contributed by atoms with Gasteiger partial charge in [0.15, 0.2) is 0 Å². The lowest BCUT2D eigenvalue weighted by molar-refractivity contribution is 0.274. The molecule has 23 heavy (non-hydrogen) atoms. The van der Waals surface area contributed by atoms with Crippen molar-refractivity contribution in [2.75, 3.05) is 0 Å². The van der Waals surface area contributed by atoms with Crippen LogP contribution in [0, 0.1) is 5.82 Å². The molecule has 2 heteroatoms. The summed E-state index contributed by atoms with van der Waals surface area (Å²) in [6.07, 6.45) is 2.35. The SMILES string of the molecule is CC1(C)CCC(C)(C)c2c(OCc3ccc(F)cc3)cccc21. The van der Waals surface area contributed by atoms with Crippen LogP contribution < -0.4 is 4.74 Å². The molecule has 1 aliphatic carbocycles. The van der Waals surface area contributed by atoms with Gasteiger partial charge in [0.25, 0.3) is 0 Å². The molecular formula is C21H25FO. The number of hydrogen-bond donors (Lipinski definition) is 0. The highest BCUT2D eigenvalue weighted by atomic mass is 19.1. The van der Waals surface area contributed by atoms with E-state index in [-0.39, 0.29) is 16.6 Å². The maximum absolute atomic E-state index is 13.0. The minimum Gasteiger partial charge on any atom is -0.489 e. The molecule has 0 amide bonds. The van der Waals surface area contributed by atoms with Crippen LogP contribution in [0.3, 0.4) is 0 Å². The van der Waals surface area contributed by atoms with Crippen molar-refractivity contribution in [1.29, 1.82) is 0 Å². The molecule has 0 heterocycles. The van der Waals surface area contributed by atoms with Gasteiger partial charge in [-0.3, -0.25) is 0 Å². The largest absolute Gasteiger partial charge is 0.489 e. The number of ether oxygens (including phenoxy) is 1. The molecule has 1 aliphatic rings. The van der Waals surface area contributed by atoms with Crippen molar-refractivity contribution in [3.63, 3.8) is 0 Å². The minimum atomic E-state index is -0.214. The predicted molar refractivity (Wildman–Crippen MR) is 92.5 cm³/mol. The fourth-order valence-corrected chi connectivity index (χ4v) is 3.54. The third-order valence-corrected chi connectivity index (χ3v) is 5.11. The van der Waals surface area contributed by atoms with Gasteiger partial charge >= 0.3 is 0 Å². The van der Waals surface area contributed by atoms with Crippen molar-refractivity contribution >= 4 is 0 Å². The summed E-state index contributed by atoms with van der Waals surface area (Å²) in [6.45, 7) is 9.68. The Bertz CT molecular complexity index is 698. The van der Waals surface area contributed by atoms with Crippen LogP contribution in [0.5, 0.6) is 5.75 Å². The Morgan fingerprint density at radius 3 is 2.26 bits per heavy atom. The highest BCUT2D eigenvalue weighted by molar-refractivity contribution is 5.50. The van der Waals surface area contributed by atoms with Crippen molar-refractivity contribution in [3.8, 4) is 5.75 Å². The third kappa shape index (κ3) is 3.12. The van der Waals surface area contributed by atoms with Crippen LogP contribution in [-0.2, 0) is 17.4 Å². The molecule has 0 bridgehead atoms. The Labute approximate surface area is 138 Å². The second-order valence-electron chi connectivity index (χ2n) is 7.86. The fraction of sp³-hybridized carbons (Fsp3) is 0.429. The van der Waals surface area contributed by atoms with Crippen LogP contribution >= 0.6 is 0 Å². The molecule has 2 aromatic carbocycles. The maximum atomic E-state index is 13.0. The Balaban J connectivity index is 1.93. The van der Waals surface area contributed by atoms with Crippen molar-refractivity contribution in [3.05, 3.63) is 65.0 Å². The Hall–Kier alpha value is -1.83. The van der Waals surface area contributed by atoms with Gasteiger partial charge in [-0.2, -0.15) is 0 Å². The topological polar surface area (TPSA) is 9.23 Å². The molecule has 0 unspecified atom stereocenters. The molecule has 2 aromatic rings. The molecule has 0 atom stereocenters. The van der Waals surface area contributed by atoms with Crippen LogP contribution in [0.25, 0.3) is 0 Å². The summed E-state index contributed by atoms with van der Waals surface area (Å²) in [4.78, 5) is 0. The first-order valence-corrected chi connectivity index (χ1v) is 8.31. The number of fused-ring (bicyclic) bond motifs is 1. The Morgan fingerprint density at radius 1 is 0.913 bits per heavy atom. The maximum Gasteiger partial charge on any atom is 0.123 e. The first-order valence-electron chi connectivity index (χ1n) is 8.31. The zero-order chi connectivity index (χ0) is 16.7. The summed E-state index contributed by atoms with van der Waals surface area (Å²) in [7, 11) is 0. The molecule has 0 spiro atoms. The lowest BCUT2D eigenvalue weighted by atomic mass is 9.63. The summed E-state index contributed by atoms with van der Waals surface area (Å²) in [6, 6.07) is 12.9. The van der Waals surface area contributed by atoms with E-state index in [9.17, 15) is 4.39 Å². The molecular weight excluding hydrogens is 287 g/mol. The van der Waals surface area contributed by atoms with E-state index in [0.29, 0.717) is 6.61 Å². The average Bonchev–Trinajstić information content (AvgIpc) is 2.51. The fourth-order valence-electron chi connectivity index (χ4n) is 3.54. The molecule has 0 radical (unpaired) electrons. The highest BCUT2D eigenvalue weighted by Gasteiger charge is 2.39. The Morgan fingerprint density at radius 2 is 1.57 bits per heavy atom. The molecule has 0 aromatic heterocycles. The van der Waals surface area contributed by atoms with Gasteiger partial charge in [0.1, 0.15) is 18.2 Å². The molecule has 0 saturated heterocycles. The minimum absolute atomic E-state index is 0.115. The molecule has 3 rings (SSSR count). The summed E-state index contributed by atoms with van der Waals surface area (Å²) in [5.74, 6) is 0.748. The van der Waals surface area contributed by atoms with Gasteiger partial charge < -0.3 is 4.74 Å². The standard InChI is InChI=1S/C21H25FO/c1-20(2)12-13-21(3,4)19-17(20)6-5-7-18(19)23-14-15-8-10-16(22)11-9-15/h5-11H,12-14H2,1-4H3. The number of benzene rings is 2. The van der Waals surface area contributed by atoms with Crippen LogP contribution in [-0.4, -0.2) is 0 Å². The van der Waals surface area contributed by atoms with Gasteiger partial charge in [-0.15, -0.1) is 0 Å². The van der Waals surface area contributed by atoms with Gasteiger partial charge in [0.05, 0.1) is 0 Å². The molecule has 0 N–H and O–H groups in total. The highest BCUT2D eigenvalue weighted by Crippen LogP contribution is 2.49. The van der Waals surface area contributed by atoms with E-state index in [1.807, 2.05) is 0 Å². The number of halogens is 1. The van der Waals surface area contributed by atoms with E-state index in [2.05, 4.69) is 45.9 Å². The lowest BCUT2D eigenvalue weighted by Gasteiger charge is -2.42. The smallest absolute Gasteiger partial charge is 0.123 e. The normalized spacial score (nSPS) is 18.3. The van der Waals surface area contributed by atoms with E-state index in [0.717, 1.165) is 17.7 Å². The van der Waals surface area contributed by atoms with Gasteiger partial charge in [0.2, 0.25) is 0 Å². The van der Waals surface area contributed by atoms with Crippen LogP contribution in [0.1, 0.15) is 57.2 Å². The van der Waals surface area contributed by atoms with Crippen molar-refractivity contribution in [2.24, 2.45) is 0 Å². The summed E-state index contributed by atoms with van der Waals surface area (Å²) in [5, 5.41) is 0. The van der Waals surface area contributed by atoms with Crippen LogP contribution in [0.4, 0.5) is 4.39 Å². The van der Waals surface area contributed by atoms with Gasteiger partial charge in [-0.05, 0) is 53.0 Å². The second kappa shape index (κ2) is 5.67. The Kier molecular flexibility index (Phi) is 3.95. The van der Waals surface area contributed by atoms with Gasteiger partial charge in [0, 0.05) is 5.56 Å². The zero-order valence-electron chi connectivity index (χ0n) is 14.4. The summed E-state index contributed by atoms with van der Waals surface area (Å²) < 4.78 is 19.2. The second-order valence-corrected chi connectivity index (χ2v) is 7.86. The summed E-state index contributed by atoms with van der Waals surface area (Å²) in [5.41, 5.74) is 4.00. The van der Waals surface area contributed by atoms with Crippen molar-refractivity contribution in [2.45, 2.75) is 58.0 Å². The number of hydrogen-bond acceptors (Lipinski definition) is 1. The first kappa shape index (κ1) is 16.0. The third-order valence-electron chi connectivity index (χ3n) is 5.11. The molecule has 1 nitrogen and oxygen atoms in total. The lowest BCUT2D eigenvalue weighted by Crippen LogP contribution is -2.34. The van der Waals surface area contributed by atoms with Gasteiger partial charge in [-0.1, -0.05) is 52.0 Å². The van der Waals surface area contributed by atoms with E-state index >= 15 is 0 Å². The van der Waals surface area contributed by atoms with Crippen LogP contribution in [0.15, 0.2) is 42.5 Å². The van der Waals surface area contributed by atoms with E-state index in [1.165, 1.54) is 29.7 Å². The van der Waals surface area contributed by atoms with Crippen molar-refractivity contribution in [1.82, 2.24) is 0 Å². The molecule has 0 aliphatic heterocycles.